The first-order chi connectivity index (χ1) is 8.65. The van der Waals surface area contributed by atoms with Crippen molar-refractivity contribution in [2.75, 3.05) is 6.54 Å². The number of carbonyl (C=O) groups excluding carboxylic acids is 1. The van der Waals surface area contributed by atoms with Gasteiger partial charge in [0.15, 0.2) is 0 Å². The lowest BCUT2D eigenvalue weighted by Crippen LogP contribution is -2.27. The van der Waals surface area contributed by atoms with Gasteiger partial charge in [-0.2, -0.15) is 5.10 Å². The van der Waals surface area contributed by atoms with Crippen LogP contribution in [0.5, 0.6) is 0 Å². The van der Waals surface area contributed by atoms with Gasteiger partial charge >= 0.3 is 0 Å². The Morgan fingerprint density at radius 2 is 2.33 bits per heavy atom. The Labute approximate surface area is 107 Å². The van der Waals surface area contributed by atoms with Crippen LogP contribution in [0, 0.1) is 6.92 Å². The second-order valence-corrected chi connectivity index (χ2v) is 4.64. The lowest BCUT2D eigenvalue weighted by atomic mass is 10.3. The molecule has 2 N–H and O–H groups in total. The van der Waals surface area contributed by atoms with Crippen LogP contribution in [0.2, 0.25) is 0 Å². The monoisotopic (exact) mass is 264 g/mol. The molecule has 0 saturated heterocycles. The average Bonchev–Trinajstić information content (AvgIpc) is 2.76. The summed E-state index contributed by atoms with van der Waals surface area (Å²) in [7, 11) is 0. The molecule has 2 rings (SSSR count). The number of hydrogen-bond donors (Lipinski definition) is 2. The number of rotatable bonds is 4. The molecular formula is C11H12N4O2S. The van der Waals surface area contributed by atoms with Crippen LogP contribution in [0.25, 0.3) is 0 Å². The summed E-state index contributed by atoms with van der Waals surface area (Å²) in [6, 6.07) is 2.66. The number of aryl methyl sites for hydroxylation is 1. The molecule has 0 radical (unpaired) electrons. The van der Waals surface area contributed by atoms with E-state index in [1.54, 1.807) is 11.3 Å². The summed E-state index contributed by atoms with van der Waals surface area (Å²) in [6.07, 6.45) is 0.688. The minimum Gasteiger partial charge on any atom is -0.350 e. The predicted octanol–water partition coefficient (Wildman–Crippen LogP) is 0.507. The molecule has 2 aromatic rings. The molecule has 0 aliphatic carbocycles. The number of nitrogens with zero attached hydrogens (tertiary/aromatic N) is 2. The molecule has 7 heteroatoms. The molecule has 0 unspecified atom stereocenters. The van der Waals surface area contributed by atoms with E-state index in [1.807, 2.05) is 12.3 Å². The van der Waals surface area contributed by atoms with E-state index in [9.17, 15) is 9.59 Å². The summed E-state index contributed by atoms with van der Waals surface area (Å²) in [5, 5.41) is 11.5. The third-order valence-corrected chi connectivity index (χ3v) is 3.23. The van der Waals surface area contributed by atoms with Crippen molar-refractivity contribution in [1.82, 2.24) is 20.5 Å². The molecule has 0 fully saturated rings. The van der Waals surface area contributed by atoms with Gasteiger partial charge in [-0.25, -0.2) is 10.1 Å². The molecule has 0 bridgehead atoms. The van der Waals surface area contributed by atoms with Crippen molar-refractivity contribution >= 4 is 17.2 Å². The molecule has 94 valence electrons. The van der Waals surface area contributed by atoms with Gasteiger partial charge < -0.3 is 5.32 Å². The Morgan fingerprint density at radius 1 is 1.50 bits per heavy atom. The number of nitrogens with one attached hydrogen (secondary N) is 2. The number of thiazole rings is 1. The quantitative estimate of drug-likeness (QED) is 0.842. The van der Waals surface area contributed by atoms with Crippen molar-refractivity contribution < 1.29 is 4.79 Å². The molecule has 2 aromatic heterocycles. The van der Waals surface area contributed by atoms with Crippen LogP contribution in [0.1, 0.15) is 21.2 Å². The largest absolute Gasteiger partial charge is 0.350 e. The second-order valence-electron chi connectivity index (χ2n) is 3.69. The molecule has 1 amide bonds. The van der Waals surface area contributed by atoms with E-state index in [4.69, 9.17) is 0 Å². The predicted molar refractivity (Wildman–Crippen MR) is 67.7 cm³/mol. The molecule has 0 aliphatic rings. The van der Waals surface area contributed by atoms with Crippen LogP contribution in [0.4, 0.5) is 0 Å². The van der Waals surface area contributed by atoms with Crippen LogP contribution in [-0.2, 0) is 6.42 Å². The molecular weight excluding hydrogens is 252 g/mol. The fourth-order valence-corrected chi connectivity index (χ4v) is 2.14. The Balaban J connectivity index is 1.85. The van der Waals surface area contributed by atoms with Gasteiger partial charge in [-0.05, 0) is 13.0 Å². The molecule has 18 heavy (non-hydrogen) atoms. The Hall–Kier alpha value is -2.02. The van der Waals surface area contributed by atoms with Crippen LogP contribution in [0.15, 0.2) is 22.3 Å². The molecule has 0 aromatic carbocycles. The van der Waals surface area contributed by atoms with Gasteiger partial charge in [0.05, 0.1) is 5.01 Å². The maximum Gasteiger partial charge on any atom is 0.271 e. The number of H-pyrrole nitrogens is 1. The van der Waals surface area contributed by atoms with Gasteiger partial charge in [0.2, 0.25) is 0 Å². The molecule has 2 heterocycles. The standard InChI is InChI=1S/C11H12N4O2S/c1-7-6-18-10(13-7)4-5-12-11(17)8-2-3-9(16)15-14-8/h2-3,6H,4-5H2,1H3,(H,12,17)(H,15,16). The molecule has 0 atom stereocenters. The van der Waals surface area contributed by atoms with E-state index < -0.39 is 0 Å². The van der Waals surface area contributed by atoms with Gasteiger partial charge in [-0.15, -0.1) is 11.3 Å². The Bertz CT molecular complexity index is 585. The van der Waals surface area contributed by atoms with Crippen molar-refractivity contribution in [1.29, 1.82) is 0 Å². The Morgan fingerprint density at radius 3 is 2.94 bits per heavy atom. The van der Waals surface area contributed by atoms with Crippen LogP contribution in [0.3, 0.4) is 0 Å². The zero-order chi connectivity index (χ0) is 13.0. The van der Waals surface area contributed by atoms with E-state index in [-0.39, 0.29) is 17.2 Å². The summed E-state index contributed by atoms with van der Waals surface area (Å²) >= 11 is 1.57. The maximum atomic E-state index is 11.6. The topological polar surface area (TPSA) is 87.7 Å². The van der Waals surface area contributed by atoms with Crippen LogP contribution >= 0.6 is 11.3 Å². The van der Waals surface area contributed by atoms with Crippen LogP contribution in [-0.4, -0.2) is 27.6 Å². The van der Waals surface area contributed by atoms with E-state index in [2.05, 4.69) is 20.5 Å². The van der Waals surface area contributed by atoms with Gasteiger partial charge in [-0.1, -0.05) is 0 Å². The minimum absolute atomic E-state index is 0.199. The van der Waals surface area contributed by atoms with E-state index >= 15 is 0 Å². The van der Waals surface area contributed by atoms with Crippen molar-refractivity contribution in [3.05, 3.63) is 44.3 Å². The van der Waals surface area contributed by atoms with E-state index in [0.29, 0.717) is 13.0 Å². The number of hydrogen-bond acceptors (Lipinski definition) is 5. The zero-order valence-corrected chi connectivity index (χ0v) is 10.6. The smallest absolute Gasteiger partial charge is 0.271 e. The van der Waals surface area contributed by atoms with Gasteiger partial charge in [0.25, 0.3) is 11.5 Å². The highest BCUT2D eigenvalue weighted by atomic mass is 32.1. The first-order valence-electron chi connectivity index (χ1n) is 5.40. The molecule has 0 aliphatic heterocycles. The van der Waals surface area contributed by atoms with Crippen molar-refractivity contribution in [3.8, 4) is 0 Å². The van der Waals surface area contributed by atoms with Gasteiger partial charge in [0, 0.05) is 30.1 Å². The molecule has 0 spiro atoms. The SMILES string of the molecule is Cc1csc(CCNC(=O)c2ccc(=O)[nH]n2)n1. The second kappa shape index (κ2) is 5.54. The van der Waals surface area contributed by atoms with E-state index in [1.165, 1.54) is 12.1 Å². The highest BCUT2D eigenvalue weighted by Crippen LogP contribution is 2.08. The van der Waals surface area contributed by atoms with Crippen molar-refractivity contribution in [3.63, 3.8) is 0 Å². The minimum atomic E-state index is -0.329. The maximum absolute atomic E-state index is 11.6. The molecule has 6 nitrogen and oxygen atoms in total. The first kappa shape index (κ1) is 12.4. The summed E-state index contributed by atoms with van der Waals surface area (Å²) < 4.78 is 0. The lowest BCUT2D eigenvalue weighted by molar-refractivity contribution is 0.0948. The zero-order valence-electron chi connectivity index (χ0n) is 9.77. The number of amides is 1. The third kappa shape index (κ3) is 3.24. The summed E-state index contributed by atoms with van der Waals surface area (Å²) in [5.74, 6) is -0.306. The van der Waals surface area contributed by atoms with Gasteiger partial charge in [0.1, 0.15) is 5.69 Å². The van der Waals surface area contributed by atoms with E-state index in [0.717, 1.165) is 10.7 Å². The number of aromatic amines is 1. The van der Waals surface area contributed by atoms with Gasteiger partial charge in [-0.3, -0.25) is 9.59 Å². The summed E-state index contributed by atoms with van der Waals surface area (Å²) in [5.41, 5.74) is 0.860. The average molecular weight is 264 g/mol. The van der Waals surface area contributed by atoms with Crippen molar-refractivity contribution in [2.24, 2.45) is 0 Å². The lowest BCUT2D eigenvalue weighted by Gasteiger charge is -2.02. The highest BCUT2D eigenvalue weighted by Gasteiger charge is 2.07. The first-order valence-corrected chi connectivity index (χ1v) is 6.28. The third-order valence-electron chi connectivity index (χ3n) is 2.20. The van der Waals surface area contributed by atoms with Crippen molar-refractivity contribution in [2.45, 2.75) is 13.3 Å². The van der Waals surface area contributed by atoms with Crippen LogP contribution < -0.4 is 10.9 Å². The fourth-order valence-electron chi connectivity index (χ4n) is 1.36. The summed E-state index contributed by atoms with van der Waals surface area (Å²) in [4.78, 5) is 26.7. The summed E-state index contributed by atoms with van der Waals surface area (Å²) in [6.45, 7) is 2.43. The highest BCUT2D eigenvalue weighted by molar-refractivity contribution is 7.09. The normalized spacial score (nSPS) is 10.3. The Kier molecular flexibility index (Phi) is 3.83. The molecule has 0 saturated carbocycles. The fraction of sp³-hybridized carbons (Fsp3) is 0.273. The number of carbonyl (C=O) groups is 1. The number of aromatic nitrogens is 3.